The molecule has 2 fully saturated rings. The third-order valence-corrected chi connectivity index (χ3v) is 3.70. The van der Waals surface area contributed by atoms with Crippen molar-refractivity contribution in [3.63, 3.8) is 0 Å². The molecule has 7 heteroatoms. The van der Waals surface area contributed by atoms with E-state index in [0.29, 0.717) is 6.54 Å². The molecule has 0 spiro atoms. The maximum Gasteiger partial charge on any atom is 0.324 e. The van der Waals surface area contributed by atoms with E-state index in [1.807, 2.05) is 5.43 Å². The Kier molecular flexibility index (Phi) is 3.81. The smallest absolute Gasteiger partial charge is 0.320 e. The molecule has 2 rings (SSSR count). The first-order valence-electron chi connectivity index (χ1n) is 6.24. The Morgan fingerprint density at radius 2 is 2.11 bits per heavy atom. The summed E-state index contributed by atoms with van der Waals surface area (Å²) < 4.78 is 0. The van der Waals surface area contributed by atoms with Crippen LogP contribution in [0, 0.1) is 5.92 Å². The van der Waals surface area contributed by atoms with Crippen LogP contribution in [-0.2, 0) is 9.59 Å². The van der Waals surface area contributed by atoms with Gasteiger partial charge < -0.3 is 4.90 Å². The van der Waals surface area contributed by atoms with Crippen LogP contribution in [0.15, 0.2) is 0 Å². The van der Waals surface area contributed by atoms with Crippen molar-refractivity contribution in [2.24, 2.45) is 11.8 Å². The van der Waals surface area contributed by atoms with Crippen LogP contribution in [0.3, 0.4) is 0 Å². The summed E-state index contributed by atoms with van der Waals surface area (Å²) in [6.45, 7) is 0.295. The summed E-state index contributed by atoms with van der Waals surface area (Å²) in [4.78, 5) is 36.2. The molecule has 1 aliphatic carbocycles. The average Bonchev–Trinajstić information content (AvgIpc) is 2.38. The van der Waals surface area contributed by atoms with Gasteiger partial charge in [0.15, 0.2) is 0 Å². The normalized spacial score (nSPS) is 27.5. The Hall–Kier alpha value is -1.63. The summed E-state index contributed by atoms with van der Waals surface area (Å²) >= 11 is 0. The van der Waals surface area contributed by atoms with Gasteiger partial charge in [0.1, 0.15) is 0 Å². The van der Waals surface area contributed by atoms with Gasteiger partial charge in [-0.15, -0.1) is 0 Å². The molecule has 2 atom stereocenters. The number of fused-ring (bicyclic) bond motifs is 1. The Morgan fingerprint density at radius 1 is 1.39 bits per heavy atom. The van der Waals surface area contributed by atoms with E-state index in [-0.39, 0.29) is 30.2 Å². The van der Waals surface area contributed by atoms with E-state index in [9.17, 15) is 14.4 Å². The summed E-state index contributed by atoms with van der Waals surface area (Å²) in [6.07, 6.45) is 3.82. The second kappa shape index (κ2) is 5.34. The number of nitrogens with one attached hydrogen (secondary N) is 2. The van der Waals surface area contributed by atoms with E-state index in [0.717, 1.165) is 25.7 Å². The molecule has 0 bridgehead atoms. The van der Waals surface area contributed by atoms with Gasteiger partial charge in [-0.3, -0.25) is 20.3 Å². The number of amides is 4. The van der Waals surface area contributed by atoms with Crippen molar-refractivity contribution in [2.75, 3.05) is 6.54 Å². The molecule has 1 saturated carbocycles. The van der Waals surface area contributed by atoms with Gasteiger partial charge in [0, 0.05) is 19.0 Å². The fourth-order valence-corrected chi connectivity index (χ4v) is 2.77. The average molecular weight is 254 g/mol. The third-order valence-electron chi connectivity index (χ3n) is 3.70. The zero-order valence-electron chi connectivity index (χ0n) is 10.1. The quantitative estimate of drug-likeness (QED) is 0.358. The minimum Gasteiger partial charge on any atom is -0.320 e. The van der Waals surface area contributed by atoms with Gasteiger partial charge in [0.25, 0.3) is 0 Å². The fraction of sp³-hybridized carbons (Fsp3) is 0.727. The van der Waals surface area contributed by atoms with Crippen molar-refractivity contribution in [2.45, 2.75) is 38.1 Å². The molecule has 0 aromatic carbocycles. The number of hydrogen-bond donors (Lipinski definition) is 3. The number of urea groups is 1. The molecule has 1 aliphatic heterocycles. The molecule has 1 saturated heterocycles. The Labute approximate surface area is 105 Å². The van der Waals surface area contributed by atoms with Gasteiger partial charge in [-0.1, -0.05) is 12.8 Å². The second-order valence-electron chi connectivity index (χ2n) is 4.76. The third kappa shape index (κ3) is 2.45. The molecule has 100 valence electrons. The summed E-state index contributed by atoms with van der Waals surface area (Å²) in [7, 11) is 0. The zero-order valence-corrected chi connectivity index (χ0v) is 10.1. The van der Waals surface area contributed by atoms with Crippen molar-refractivity contribution < 1.29 is 14.4 Å². The number of hydrogen-bond acceptors (Lipinski definition) is 4. The number of nitrogens with two attached hydrogens (primary N) is 1. The monoisotopic (exact) mass is 254 g/mol. The van der Waals surface area contributed by atoms with Crippen LogP contribution < -0.4 is 16.6 Å². The van der Waals surface area contributed by atoms with Gasteiger partial charge in [-0.2, -0.15) is 0 Å². The summed E-state index contributed by atoms with van der Waals surface area (Å²) in [5, 5.41) is 2.36. The van der Waals surface area contributed by atoms with E-state index >= 15 is 0 Å². The minimum absolute atomic E-state index is 0.0643. The van der Waals surface area contributed by atoms with E-state index < -0.39 is 6.03 Å². The Bertz CT molecular complexity index is 371. The van der Waals surface area contributed by atoms with Crippen LogP contribution in [0.25, 0.3) is 0 Å². The molecule has 2 aliphatic rings. The molecular weight excluding hydrogens is 236 g/mol. The first-order chi connectivity index (χ1) is 8.63. The number of nitrogens with zero attached hydrogens (tertiary/aromatic N) is 1. The predicted octanol–water partition coefficient (Wildman–Crippen LogP) is -0.523. The van der Waals surface area contributed by atoms with Gasteiger partial charge in [-0.25, -0.2) is 10.6 Å². The van der Waals surface area contributed by atoms with E-state index in [1.165, 1.54) is 0 Å². The van der Waals surface area contributed by atoms with Crippen molar-refractivity contribution in [3.05, 3.63) is 0 Å². The van der Waals surface area contributed by atoms with Crippen molar-refractivity contribution in [1.29, 1.82) is 0 Å². The fourth-order valence-electron chi connectivity index (χ4n) is 2.77. The summed E-state index contributed by atoms with van der Waals surface area (Å²) in [5.74, 6) is 4.39. The van der Waals surface area contributed by atoms with Crippen LogP contribution in [0.4, 0.5) is 4.79 Å². The van der Waals surface area contributed by atoms with Gasteiger partial charge in [0.2, 0.25) is 11.8 Å². The number of carbonyl (C=O) groups excluding carboxylic acids is 3. The molecule has 0 radical (unpaired) electrons. The highest BCUT2D eigenvalue weighted by Crippen LogP contribution is 2.31. The summed E-state index contributed by atoms with van der Waals surface area (Å²) in [6, 6.07) is -0.460. The number of rotatable bonds is 3. The maximum atomic E-state index is 11.8. The minimum atomic E-state index is -0.395. The molecular formula is C11H18N4O3. The van der Waals surface area contributed by atoms with Crippen molar-refractivity contribution >= 4 is 17.8 Å². The topological polar surface area (TPSA) is 105 Å². The van der Waals surface area contributed by atoms with Crippen LogP contribution in [0.1, 0.15) is 32.1 Å². The number of imide groups is 1. The first-order valence-corrected chi connectivity index (χ1v) is 6.24. The van der Waals surface area contributed by atoms with Crippen LogP contribution in [0.5, 0.6) is 0 Å². The molecule has 1 heterocycles. The lowest BCUT2D eigenvalue weighted by Gasteiger charge is -2.42. The van der Waals surface area contributed by atoms with Gasteiger partial charge >= 0.3 is 6.03 Å². The second-order valence-corrected chi connectivity index (χ2v) is 4.76. The number of carbonyl (C=O) groups is 3. The molecule has 0 aromatic rings. The van der Waals surface area contributed by atoms with Gasteiger partial charge in [0.05, 0.1) is 5.92 Å². The number of hydrazine groups is 1. The van der Waals surface area contributed by atoms with Crippen LogP contribution in [0.2, 0.25) is 0 Å². The zero-order chi connectivity index (χ0) is 13.1. The molecule has 0 aromatic heterocycles. The predicted molar refractivity (Wildman–Crippen MR) is 62.9 cm³/mol. The lowest BCUT2D eigenvalue weighted by molar-refractivity contribution is -0.129. The molecule has 2 unspecified atom stereocenters. The molecule has 18 heavy (non-hydrogen) atoms. The van der Waals surface area contributed by atoms with E-state index in [2.05, 4.69) is 5.32 Å². The van der Waals surface area contributed by atoms with Crippen LogP contribution >= 0.6 is 0 Å². The lowest BCUT2D eigenvalue weighted by Crippen LogP contribution is -2.61. The standard InChI is InChI=1S/C11H18N4O3/c12-14-9(16)5-6-15-8-4-2-1-3-7(8)10(17)13-11(15)18/h7-8H,1-6,12H2,(H,14,16)(H,13,17,18). The maximum absolute atomic E-state index is 11.8. The SMILES string of the molecule is NNC(=O)CCN1C(=O)NC(=O)C2CCCCC21. The molecule has 7 nitrogen and oxygen atoms in total. The highest BCUT2D eigenvalue weighted by molar-refractivity contribution is 5.98. The van der Waals surface area contributed by atoms with E-state index in [1.54, 1.807) is 4.90 Å². The Balaban J connectivity index is 2.04. The van der Waals surface area contributed by atoms with Crippen LogP contribution in [-0.4, -0.2) is 35.3 Å². The molecule has 4 amide bonds. The first kappa shape index (κ1) is 12.8. The van der Waals surface area contributed by atoms with E-state index in [4.69, 9.17) is 5.84 Å². The molecule has 4 N–H and O–H groups in total. The highest BCUT2D eigenvalue weighted by Gasteiger charge is 2.42. The Morgan fingerprint density at radius 3 is 2.83 bits per heavy atom. The van der Waals surface area contributed by atoms with Gasteiger partial charge in [-0.05, 0) is 12.8 Å². The van der Waals surface area contributed by atoms with Crippen molar-refractivity contribution in [1.82, 2.24) is 15.6 Å². The van der Waals surface area contributed by atoms with Crippen molar-refractivity contribution in [3.8, 4) is 0 Å². The summed E-state index contributed by atoms with van der Waals surface area (Å²) in [5.41, 5.74) is 2.04. The lowest BCUT2D eigenvalue weighted by atomic mass is 9.81. The highest BCUT2D eigenvalue weighted by atomic mass is 16.2. The largest absolute Gasteiger partial charge is 0.324 e.